The van der Waals surface area contributed by atoms with E-state index in [2.05, 4.69) is 11.4 Å². The average Bonchev–Trinajstić information content (AvgIpc) is 2.66. The molecule has 0 unspecified atom stereocenters. The number of aromatic carboxylic acids is 1. The minimum absolute atomic E-state index is 0.0137. The van der Waals surface area contributed by atoms with E-state index in [1.807, 2.05) is 13.0 Å². The van der Waals surface area contributed by atoms with Gasteiger partial charge in [0, 0.05) is 0 Å². The summed E-state index contributed by atoms with van der Waals surface area (Å²) in [5.74, 6) is -0.400. The van der Waals surface area contributed by atoms with Crippen LogP contribution in [0.3, 0.4) is 0 Å². The first kappa shape index (κ1) is 11.5. The summed E-state index contributed by atoms with van der Waals surface area (Å²) in [5.41, 5.74) is 0. The number of carbonyl (C=O) groups is 1. The van der Waals surface area contributed by atoms with Gasteiger partial charge in [-0.15, -0.1) is 0 Å². The number of allylic oxidation sites excluding steroid dienone is 1. The average molecular weight is 209 g/mol. The van der Waals surface area contributed by atoms with Crippen LogP contribution in [0, 0.1) is 0 Å². The number of hydrogen-bond acceptors (Lipinski definition) is 3. The van der Waals surface area contributed by atoms with Crippen molar-refractivity contribution in [3.63, 3.8) is 0 Å². The number of furan rings is 1. The number of rotatable bonds is 6. The first-order valence-corrected chi connectivity index (χ1v) is 4.88. The fraction of sp³-hybridized carbons (Fsp3) is 0.364. The molecule has 0 bridgehead atoms. The van der Waals surface area contributed by atoms with Gasteiger partial charge in [0.25, 0.3) is 0 Å². The van der Waals surface area contributed by atoms with Crippen molar-refractivity contribution in [3.05, 3.63) is 35.8 Å². The van der Waals surface area contributed by atoms with Gasteiger partial charge in [-0.25, -0.2) is 4.79 Å². The van der Waals surface area contributed by atoms with E-state index >= 15 is 0 Å². The molecule has 0 spiro atoms. The van der Waals surface area contributed by atoms with Crippen molar-refractivity contribution in [1.82, 2.24) is 5.32 Å². The third-order valence-corrected chi connectivity index (χ3v) is 1.90. The van der Waals surface area contributed by atoms with E-state index in [4.69, 9.17) is 9.52 Å². The lowest BCUT2D eigenvalue weighted by atomic mass is 10.3. The van der Waals surface area contributed by atoms with Crippen LogP contribution < -0.4 is 5.32 Å². The molecule has 1 aromatic rings. The predicted octanol–water partition coefficient (Wildman–Crippen LogP) is 2.03. The van der Waals surface area contributed by atoms with Crippen molar-refractivity contribution < 1.29 is 14.3 Å². The molecule has 0 saturated heterocycles. The molecule has 1 heterocycles. The molecule has 2 N–H and O–H groups in total. The molecule has 4 heteroatoms. The fourth-order valence-corrected chi connectivity index (χ4v) is 1.15. The normalized spacial score (nSPS) is 11.0. The van der Waals surface area contributed by atoms with Gasteiger partial charge in [0.05, 0.1) is 6.54 Å². The van der Waals surface area contributed by atoms with E-state index in [1.165, 1.54) is 6.07 Å². The van der Waals surface area contributed by atoms with Gasteiger partial charge in [-0.05, 0) is 32.0 Å². The summed E-state index contributed by atoms with van der Waals surface area (Å²) in [6.45, 7) is 3.39. The zero-order valence-corrected chi connectivity index (χ0v) is 8.69. The minimum atomic E-state index is -1.03. The highest BCUT2D eigenvalue weighted by Gasteiger charge is 2.07. The maximum absolute atomic E-state index is 10.5. The van der Waals surface area contributed by atoms with Crippen LogP contribution in [0.25, 0.3) is 0 Å². The van der Waals surface area contributed by atoms with E-state index in [1.54, 1.807) is 6.07 Å². The molecular formula is C11H15NO3. The van der Waals surface area contributed by atoms with E-state index in [9.17, 15) is 4.79 Å². The van der Waals surface area contributed by atoms with Crippen molar-refractivity contribution in [1.29, 1.82) is 0 Å². The molecule has 0 aromatic carbocycles. The largest absolute Gasteiger partial charge is 0.475 e. The van der Waals surface area contributed by atoms with Crippen LogP contribution in [0.1, 0.15) is 29.7 Å². The van der Waals surface area contributed by atoms with Crippen LogP contribution in [0.4, 0.5) is 0 Å². The van der Waals surface area contributed by atoms with Crippen LogP contribution in [0.15, 0.2) is 28.7 Å². The van der Waals surface area contributed by atoms with Crippen LogP contribution in [0.5, 0.6) is 0 Å². The van der Waals surface area contributed by atoms with Gasteiger partial charge in [-0.3, -0.25) is 0 Å². The second kappa shape index (κ2) is 6.03. The Kier molecular flexibility index (Phi) is 4.63. The van der Waals surface area contributed by atoms with Crippen LogP contribution in [0.2, 0.25) is 0 Å². The van der Waals surface area contributed by atoms with Crippen LogP contribution in [-0.2, 0) is 6.54 Å². The Labute approximate surface area is 88.6 Å². The maximum Gasteiger partial charge on any atom is 0.371 e. The first-order chi connectivity index (χ1) is 7.24. The Morgan fingerprint density at radius 3 is 3.00 bits per heavy atom. The summed E-state index contributed by atoms with van der Waals surface area (Å²) in [5, 5.41) is 11.8. The maximum atomic E-state index is 10.5. The number of carboxylic acid groups (broad SMARTS) is 1. The molecule has 15 heavy (non-hydrogen) atoms. The summed E-state index contributed by atoms with van der Waals surface area (Å²) < 4.78 is 5.07. The Bertz CT molecular complexity index is 341. The van der Waals surface area contributed by atoms with E-state index < -0.39 is 5.97 Å². The summed E-state index contributed by atoms with van der Waals surface area (Å²) in [7, 11) is 0. The SMILES string of the molecule is C/C=C/CCNCc1ccc(C(=O)O)o1. The first-order valence-electron chi connectivity index (χ1n) is 4.88. The topological polar surface area (TPSA) is 62.5 Å². The van der Waals surface area contributed by atoms with E-state index in [0.717, 1.165) is 13.0 Å². The van der Waals surface area contributed by atoms with E-state index in [0.29, 0.717) is 12.3 Å². The van der Waals surface area contributed by atoms with Crippen molar-refractivity contribution in [2.24, 2.45) is 0 Å². The lowest BCUT2D eigenvalue weighted by Crippen LogP contribution is -2.13. The predicted molar refractivity (Wildman–Crippen MR) is 56.8 cm³/mol. The van der Waals surface area contributed by atoms with Gasteiger partial charge in [0.15, 0.2) is 0 Å². The van der Waals surface area contributed by atoms with Crippen molar-refractivity contribution in [2.45, 2.75) is 19.9 Å². The highest BCUT2D eigenvalue weighted by atomic mass is 16.4. The Balaban J connectivity index is 2.28. The number of hydrogen-bond donors (Lipinski definition) is 2. The fourth-order valence-electron chi connectivity index (χ4n) is 1.15. The molecule has 0 atom stereocenters. The van der Waals surface area contributed by atoms with Crippen molar-refractivity contribution in [2.75, 3.05) is 6.54 Å². The van der Waals surface area contributed by atoms with Gasteiger partial charge in [-0.1, -0.05) is 12.2 Å². The number of carboxylic acids is 1. The highest BCUT2D eigenvalue weighted by molar-refractivity contribution is 5.84. The highest BCUT2D eigenvalue weighted by Crippen LogP contribution is 2.07. The zero-order valence-electron chi connectivity index (χ0n) is 8.69. The summed E-state index contributed by atoms with van der Waals surface area (Å²) in [4.78, 5) is 10.5. The molecule has 0 fully saturated rings. The third-order valence-electron chi connectivity index (χ3n) is 1.90. The van der Waals surface area contributed by atoms with Gasteiger partial charge in [-0.2, -0.15) is 0 Å². The molecule has 0 aliphatic carbocycles. The lowest BCUT2D eigenvalue weighted by molar-refractivity contribution is 0.0660. The third kappa shape index (κ3) is 3.99. The molecule has 0 aliphatic heterocycles. The standard InChI is InChI=1S/C11H15NO3/c1-2-3-4-7-12-8-9-5-6-10(15-9)11(13)14/h2-3,5-6,12H,4,7-8H2,1H3,(H,13,14)/b3-2+. The minimum Gasteiger partial charge on any atom is -0.475 e. The van der Waals surface area contributed by atoms with Crippen molar-refractivity contribution in [3.8, 4) is 0 Å². The molecule has 82 valence electrons. The molecule has 1 rings (SSSR count). The van der Waals surface area contributed by atoms with E-state index in [-0.39, 0.29) is 5.76 Å². The molecule has 0 radical (unpaired) electrons. The molecular weight excluding hydrogens is 194 g/mol. The second-order valence-electron chi connectivity index (χ2n) is 3.11. The monoisotopic (exact) mass is 209 g/mol. The Morgan fingerprint density at radius 1 is 1.60 bits per heavy atom. The Hall–Kier alpha value is -1.55. The van der Waals surface area contributed by atoms with Crippen LogP contribution in [-0.4, -0.2) is 17.6 Å². The molecule has 0 aliphatic rings. The smallest absolute Gasteiger partial charge is 0.371 e. The quantitative estimate of drug-likeness (QED) is 0.556. The van der Waals surface area contributed by atoms with Crippen molar-refractivity contribution >= 4 is 5.97 Å². The molecule has 0 saturated carbocycles. The van der Waals surface area contributed by atoms with Crippen LogP contribution >= 0.6 is 0 Å². The molecule has 1 aromatic heterocycles. The zero-order chi connectivity index (χ0) is 11.1. The summed E-state index contributed by atoms with van der Waals surface area (Å²) >= 11 is 0. The second-order valence-corrected chi connectivity index (χ2v) is 3.11. The molecule has 0 amide bonds. The Morgan fingerprint density at radius 2 is 2.40 bits per heavy atom. The van der Waals surface area contributed by atoms with Gasteiger partial charge >= 0.3 is 5.97 Å². The lowest BCUT2D eigenvalue weighted by Gasteiger charge is -1.98. The van der Waals surface area contributed by atoms with Gasteiger partial charge < -0.3 is 14.8 Å². The molecule has 4 nitrogen and oxygen atoms in total. The summed E-state index contributed by atoms with van der Waals surface area (Å²) in [6.07, 6.45) is 5.03. The number of nitrogens with one attached hydrogen (secondary N) is 1. The summed E-state index contributed by atoms with van der Waals surface area (Å²) in [6, 6.07) is 3.14. The van der Waals surface area contributed by atoms with Gasteiger partial charge in [0.2, 0.25) is 5.76 Å². The van der Waals surface area contributed by atoms with Gasteiger partial charge in [0.1, 0.15) is 5.76 Å².